The highest BCUT2D eigenvalue weighted by atomic mass is 35.5. The van der Waals surface area contributed by atoms with Crippen LogP contribution >= 0.6 is 11.6 Å². The Morgan fingerprint density at radius 3 is 2.79 bits per heavy atom. The average molecular weight is 349 g/mol. The number of rotatable bonds is 4. The molecular weight excluding hydrogens is 331 g/mol. The Bertz CT molecular complexity index is 780. The van der Waals surface area contributed by atoms with Crippen LogP contribution in [-0.2, 0) is 17.6 Å². The van der Waals surface area contributed by atoms with Gasteiger partial charge in [-0.25, -0.2) is 14.2 Å². The lowest BCUT2D eigenvalue weighted by Gasteiger charge is -2.21. The molecule has 1 aliphatic carbocycles. The van der Waals surface area contributed by atoms with E-state index in [2.05, 4.69) is 10.3 Å². The van der Waals surface area contributed by atoms with Crippen LogP contribution in [0.1, 0.15) is 41.3 Å². The summed E-state index contributed by atoms with van der Waals surface area (Å²) in [6.07, 6.45) is 5.29. The van der Waals surface area contributed by atoms with Crippen LogP contribution < -0.4 is 5.32 Å². The van der Waals surface area contributed by atoms with E-state index >= 15 is 0 Å². The maximum absolute atomic E-state index is 13.3. The molecule has 1 aromatic heterocycles. The third kappa shape index (κ3) is 3.36. The topological polar surface area (TPSA) is 51.2 Å². The normalized spacial score (nSPS) is 13.3. The van der Waals surface area contributed by atoms with Gasteiger partial charge < -0.3 is 10.1 Å². The number of hydrogen-bond acceptors (Lipinski definition) is 4. The highest BCUT2D eigenvalue weighted by molar-refractivity contribution is 6.31. The first-order chi connectivity index (χ1) is 11.6. The molecule has 126 valence electrons. The number of fused-ring (bicyclic) bond motifs is 1. The predicted octanol–water partition coefficient (Wildman–Crippen LogP) is 4.67. The second-order valence-electron chi connectivity index (χ2n) is 5.66. The molecule has 0 bridgehead atoms. The first kappa shape index (κ1) is 16.7. The third-order valence-electron chi connectivity index (χ3n) is 4.08. The van der Waals surface area contributed by atoms with E-state index < -0.39 is 5.82 Å². The van der Waals surface area contributed by atoms with E-state index in [0.29, 0.717) is 23.7 Å². The molecule has 0 aliphatic heterocycles. The number of carbonyl (C=O) groups excluding carboxylic acids is 1. The van der Waals surface area contributed by atoms with E-state index in [4.69, 9.17) is 16.3 Å². The molecule has 0 fully saturated rings. The van der Waals surface area contributed by atoms with Crippen molar-refractivity contribution in [3.05, 3.63) is 51.9 Å². The summed E-state index contributed by atoms with van der Waals surface area (Å²) in [5.41, 5.74) is 3.21. The van der Waals surface area contributed by atoms with Gasteiger partial charge in [-0.15, -0.1) is 0 Å². The van der Waals surface area contributed by atoms with Gasteiger partial charge >= 0.3 is 5.97 Å². The molecule has 0 saturated heterocycles. The summed E-state index contributed by atoms with van der Waals surface area (Å²) in [7, 11) is 0. The number of ether oxygens (including phenoxy) is 1. The molecule has 0 unspecified atom stereocenters. The fourth-order valence-corrected chi connectivity index (χ4v) is 3.13. The van der Waals surface area contributed by atoms with E-state index in [9.17, 15) is 9.18 Å². The van der Waals surface area contributed by atoms with Crippen LogP contribution in [0.4, 0.5) is 15.9 Å². The van der Waals surface area contributed by atoms with Crippen molar-refractivity contribution < 1.29 is 13.9 Å². The van der Waals surface area contributed by atoms with Crippen molar-refractivity contribution in [3.63, 3.8) is 0 Å². The third-order valence-corrected chi connectivity index (χ3v) is 4.37. The summed E-state index contributed by atoms with van der Waals surface area (Å²) >= 11 is 5.83. The second kappa shape index (κ2) is 7.18. The number of pyridine rings is 1. The molecular formula is C18H18ClFN2O2. The summed E-state index contributed by atoms with van der Waals surface area (Å²) in [6, 6.07) is 4.44. The van der Waals surface area contributed by atoms with Gasteiger partial charge in [-0.3, -0.25) is 0 Å². The SMILES string of the molecule is CCOC(=O)c1cnc(Nc2ccc(F)c(Cl)c2)c2c1CCCC2. The van der Waals surface area contributed by atoms with E-state index in [1.807, 2.05) is 0 Å². The number of carbonyl (C=O) groups is 1. The minimum absolute atomic E-state index is 0.0528. The Morgan fingerprint density at radius 1 is 1.33 bits per heavy atom. The van der Waals surface area contributed by atoms with Crippen LogP contribution in [0.15, 0.2) is 24.4 Å². The van der Waals surface area contributed by atoms with Crippen molar-refractivity contribution in [1.29, 1.82) is 0 Å². The molecule has 6 heteroatoms. The van der Waals surface area contributed by atoms with Gasteiger partial charge in [0.25, 0.3) is 0 Å². The number of hydrogen-bond donors (Lipinski definition) is 1. The van der Waals surface area contributed by atoms with Gasteiger partial charge in [-0.1, -0.05) is 11.6 Å². The standard InChI is InChI=1S/C18H18ClFN2O2/c1-2-24-18(23)14-10-21-17(13-6-4-3-5-12(13)14)22-11-7-8-16(20)15(19)9-11/h7-10H,2-6H2,1H3,(H,21,22). The van der Waals surface area contributed by atoms with E-state index in [1.54, 1.807) is 19.2 Å². The van der Waals surface area contributed by atoms with Gasteiger partial charge in [-0.2, -0.15) is 0 Å². The molecule has 0 atom stereocenters. The van der Waals surface area contributed by atoms with Gasteiger partial charge in [0.15, 0.2) is 0 Å². The minimum atomic E-state index is -0.463. The molecule has 2 aromatic rings. The van der Waals surface area contributed by atoms with Gasteiger partial charge in [-0.05, 0) is 61.9 Å². The Labute approximate surface area is 145 Å². The number of halogens is 2. The monoisotopic (exact) mass is 348 g/mol. The van der Waals surface area contributed by atoms with Gasteiger partial charge in [0.2, 0.25) is 0 Å². The van der Waals surface area contributed by atoms with Crippen LogP contribution in [0.25, 0.3) is 0 Å². The molecule has 4 nitrogen and oxygen atoms in total. The molecule has 1 heterocycles. The molecule has 1 aromatic carbocycles. The number of nitrogens with one attached hydrogen (secondary N) is 1. The van der Waals surface area contributed by atoms with Crippen LogP contribution in [0.3, 0.4) is 0 Å². The Kier molecular flexibility index (Phi) is 5.00. The van der Waals surface area contributed by atoms with Gasteiger partial charge in [0.1, 0.15) is 11.6 Å². The highest BCUT2D eigenvalue weighted by Gasteiger charge is 2.22. The molecule has 3 rings (SSSR count). The zero-order valence-electron chi connectivity index (χ0n) is 13.4. The summed E-state index contributed by atoms with van der Waals surface area (Å²) in [6.45, 7) is 2.12. The number of benzene rings is 1. The van der Waals surface area contributed by atoms with Crippen molar-refractivity contribution in [2.45, 2.75) is 32.6 Å². The van der Waals surface area contributed by atoms with Crippen molar-refractivity contribution in [2.24, 2.45) is 0 Å². The predicted molar refractivity (Wildman–Crippen MR) is 91.5 cm³/mol. The van der Waals surface area contributed by atoms with Crippen molar-refractivity contribution in [1.82, 2.24) is 4.98 Å². The zero-order chi connectivity index (χ0) is 17.1. The first-order valence-corrected chi connectivity index (χ1v) is 8.38. The number of anilines is 2. The lowest BCUT2D eigenvalue weighted by Crippen LogP contribution is -2.16. The smallest absolute Gasteiger partial charge is 0.339 e. The van der Waals surface area contributed by atoms with Crippen LogP contribution in [-0.4, -0.2) is 17.6 Å². The largest absolute Gasteiger partial charge is 0.462 e. The maximum atomic E-state index is 13.3. The molecule has 1 aliphatic rings. The highest BCUT2D eigenvalue weighted by Crippen LogP contribution is 2.32. The van der Waals surface area contributed by atoms with Gasteiger partial charge in [0, 0.05) is 11.9 Å². The summed E-state index contributed by atoms with van der Waals surface area (Å²) in [5.74, 6) is -0.116. The molecule has 0 saturated carbocycles. The van der Waals surface area contributed by atoms with E-state index in [1.165, 1.54) is 12.1 Å². The fraction of sp³-hybridized carbons (Fsp3) is 0.333. The minimum Gasteiger partial charge on any atom is -0.462 e. The Morgan fingerprint density at radius 2 is 2.08 bits per heavy atom. The summed E-state index contributed by atoms with van der Waals surface area (Å²) < 4.78 is 18.4. The number of nitrogens with zero attached hydrogens (tertiary/aromatic N) is 1. The van der Waals surface area contributed by atoms with E-state index in [0.717, 1.165) is 36.8 Å². The fourth-order valence-electron chi connectivity index (χ4n) is 2.95. The van der Waals surface area contributed by atoms with Crippen molar-refractivity contribution in [2.75, 3.05) is 11.9 Å². The number of aromatic nitrogens is 1. The average Bonchev–Trinajstić information content (AvgIpc) is 2.58. The summed E-state index contributed by atoms with van der Waals surface area (Å²) in [4.78, 5) is 16.5. The van der Waals surface area contributed by atoms with E-state index in [-0.39, 0.29) is 11.0 Å². The molecule has 0 amide bonds. The lowest BCUT2D eigenvalue weighted by atomic mass is 9.89. The quantitative estimate of drug-likeness (QED) is 0.815. The molecule has 1 N–H and O–H groups in total. The van der Waals surface area contributed by atoms with Crippen LogP contribution in [0.5, 0.6) is 0 Å². The number of esters is 1. The second-order valence-corrected chi connectivity index (χ2v) is 6.07. The van der Waals surface area contributed by atoms with Crippen molar-refractivity contribution in [3.8, 4) is 0 Å². The van der Waals surface area contributed by atoms with Crippen LogP contribution in [0.2, 0.25) is 5.02 Å². The molecule has 0 radical (unpaired) electrons. The first-order valence-electron chi connectivity index (χ1n) is 8.00. The van der Waals surface area contributed by atoms with Crippen LogP contribution in [0, 0.1) is 5.82 Å². The Balaban J connectivity index is 1.96. The van der Waals surface area contributed by atoms with Crippen molar-refractivity contribution >= 4 is 29.1 Å². The Hall–Kier alpha value is -2.14. The van der Waals surface area contributed by atoms with Gasteiger partial charge in [0.05, 0.1) is 17.2 Å². The summed E-state index contributed by atoms with van der Waals surface area (Å²) in [5, 5.41) is 3.24. The molecule has 0 spiro atoms. The lowest BCUT2D eigenvalue weighted by molar-refractivity contribution is 0.0524. The zero-order valence-corrected chi connectivity index (χ0v) is 14.1. The maximum Gasteiger partial charge on any atom is 0.339 e. The molecule has 24 heavy (non-hydrogen) atoms.